The standard InChI is InChI=1S/C16H17NO3S/c1-12(2)16(13-7-4-3-5-8-13)17-14-9-6-10-15(11-14)21(18,19)20/h3-11,16-17H,1H2,2H3,(H,18,19,20). The molecule has 110 valence electrons. The summed E-state index contributed by atoms with van der Waals surface area (Å²) in [7, 11) is -4.21. The molecule has 5 heteroatoms. The minimum absolute atomic E-state index is 0.136. The minimum atomic E-state index is -4.21. The molecule has 0 amide bonds. The highest BCUT2D eigenvalue weighted by Gasteiger charge is 2.14. The molecule has 0 aliphatic rings. The van der Waals surface area contributed by atoms with Gasteiger partial charge in [0, 0.05) is 5.69 Å². The Bertz CT molecular complexity index is 739. The average molecular weight is 303 g/mol. The summed E-state index contributed by atoms with van der Waals surface area (Å²) in [5.41, 5.74) is 2.53. The van der Waals surface area contributed by atoms with E-state index in [1.807, 2.05) is 37.3 Å². The topological polar surface area (TPSA) is 66.4 Å². The van der Waals surface area contributed by atoms with E-state index in [-0.39, 0.29) is 10.9 Å². The maximum absolute atomic E-state index is 11.2. The first-order valence-corrected chi connectivity index (χ1v) is 7.86. The van der Waals surface area contributed by atoms with Crippen LogP contribution in [0, 0.1) is 0 Å². The zero-order valence-corrected chi connectivity index (χ0v) is 12.5. The molecule has 0 fully saturated rings. The van der Waals surface area contributed by atoms with Crippen LogP contribution in [-0.4, -0.2) is 13.0 Å². The zero-order valence-electron chi connectivity index (χ0n) is 11.7. The molecule has 0 saturated heterocycles. The van der Waals surface area contributed by atoms with Gasteiger partial charge < -0.3 is 5.32 Å². The van der Waals surface area contributed by atoms with Gasteiger partial charge in [0.15, 0.2) is 0 Å². The highest BCUT2D eigenvalue weighted by molar-refractivity contribution is 7.85. The Morgan fingerprint density at radius 1 is 1.14 bits per heavy atom. The first kappa shape index (κ1) is 15.3. The van der Waals surface area contributed by atoms with Crippen LogP contribution in [0.3, 0.4) is 0 Å². The SMILES string of the molecule is C=C(C)C(Nc1cccc(S(=O)(=O)O)c1)c1ccccc1. The molecule has 2 N–H and O–H groups in total. The third kappa shape index (κ3) is 3.93. The van der Waals surface area contributed by atoms with Gasteiger partial charge in [-0.25, -0.2) is 0 Å². The number of hydrogen-bond donors (Lipinski definition) is 2. The molecule has 1 atom stereocenters. The van der Waals surface area contributed by atoms with E-state index in [1.54, 1.807) is 12.1 Å². The molecule has 0 saturated carbocycles. The van der Waals surface area contributed by atoms with Crippen molar-refractivity contribution < 1.29 is 13.0 Å². The predicted octanol–water partition coefficient (Wildman–Crippen LogP) is 3.66. The van der Waals surface area contributed by atoms with Gasteiger partial charge in [0.2, 0.25) is 0 Å². The monoisotopic (exact) mass is 303 g/mol. The third-order valence-electron chi connectivity index (χ3n) is 3.07. The number of nitrogens with one attached hydrogen (secondary N) is 1. The van der Waals surface area contributed by atoms with Crippen molar-refractivity contribution in [2.75, 3.05) is 5.32 Å². The third-order valence-corrected chi connectivity index (χ3v) is 3.92. The lowest BCUT2D eigenvalue weighted by Crippen LogP contribution is -2.12. The smallest absolute Gasteiger partial charge is 0.294 e. The zero-order chi connectivity index (χ0) is 15.5. The van der Waals surface area contributed by atoms with Crippen molar-refractivity contribution in [3.63, 3.8) is 0 Å². The second-order valence-corrected chi connectivity index (χ2v) is 6.26. The molecule has 4 nitrogen and oxygen atoms in total. The van der Waals surface area contributed by atoms with Crippen LogP contribution in [0.25, 0.3) is 0 Å². The van der Waals surface area contributed by atoms with E-state index in [0.717, 1.165) is 11.1 Å². The molecule has 1 unspecified atom stereocenters. The van der Waals surface area contributed by atoms with E-state index < -0.39 is 10.1 Å². The molecule has 0 radical (unpaired) electrons. The van der Waals surface area contributed by atoms with Crippen LogP contribution in [0.15, 0.2) is 71.6 Å². The van der Waals surface area contributed by atoms with E-state index in [0.29, 0.717) is 5.69 Å². The van der Waals surface area contributed by atoms with E-state index in [9.17, 15) is 8.42 Å². The quantitative estimate of drug-likeness (QED) is 0.653. The molecular weight excluding hydrogens is 286 g/mol. The van der Waals surface area contributed by atoms with Gasteiger partial charge in [0.25, 0.3) is 10.1 Å². The molecule has 0 aliphatic heterocycles. The molecule has 0 aromatic heterocycles. The lowest BCUT2D eigenvalue weighted by molar-refractivity contribution is 0.483. The highest BCUT2D eigenvalue weighted by atomic mass is 32.2. The first-order chi connectivity index (χ1) is 9.88. The molecule has 21 heavy (non-hydrogen) atoms. The molecular formula is C16H17NO3S. The number of anilines is 1. The molecule has 2 rings (SSSR count). The molecule has 0 heterocycles. The second kappa shape index (κ2) is 6.11. The fourth-order valence-corrected chi connectivity index (χ4v) is 2.58. The summed E-state index contributed by atoms with van der Waals surface area (Å²) in [5, 5.41) is 3.23. The average Bonchev–Trinajstić information content (AvgIpc) is 2.45. The summed E-state index contributed by atoms with van der Waals surface area (Å²) in [4.78, 5) is -0.138. The minimum Gasteiger partial charge on any atom is -0.374 e. The van der Waals surface area contributed by atoms with Gasteiger partial charge >= 0.3 is 0 Å². The van der Waals surface area contributed by atoms with Gasteiger partial charge in [-0.1, -0.05) is 48.6 Å². The van der Waals surface area contributed by atoms with Crippen molar-refractivity contribution in [2.24, 2.45) is 0 Å². The second-order valence-electron chi connectivity index (χ2n) is 4.84. The van der Waals surface area contributed by atoms with Crippen molar-refractivity contribution in [3.8, 4) is 0 Å². The van der Waals surface area contributed by atoms with Gasteiger partial charge in [-0.05, 0) is 30.7 Å². The Morgan fingerprint density at radius 2 is 1.81 bits per heavy atom. The van der Waals surface area contributed by atoms with Crippen LogP contribution in [0.1, 0.15) is 18.5 Å². The van der Waals surface area contributed by atoms with Crippen LogP contribution in [0.4, 0.5) is 5.69 Å². The summed E-state index contributed by atoms with van der Waals surface area (Å²) in [6.45, 7) is 5.87. The van der Waals surface area contributed by atoms with Crippen LogP contribution in [0.2, 0.25) is 0 Å². The Kier molecular flexibility index (Phi) is 4.45. The van der Waals surface area contributed by atoms with Crippen LogP contribution < -0.4 is 5.32 Å². The molecule has 2 aromatic carbocycles. The van der Waals surface area contributed by atoms with Crippen LogP contribution >= 0.6 is 0 Å². The summed E-state index contributed by atoms with van der Waals surface area (Å²) in [6, 6.07) is 15.7. The van der Waals surface area contributed by atoms with Crippen LogP contribution in [0.5, 0.6) is 0 Å². The highest BCUT2D eigenvalue weighted by Crippen LogP contribution is 2.26. The van der Waals surface area contributed by atoms with Crippen molar-refractivity contribution in [3.05, 3.63) is 72.3 Å². The Morgan fingerprint density at radius 3 is 2.38 bits per heavy atom. The van der Waals surface area contributed by atoms with Gasteiger partial charge in [-0.15, -0.1) is 0 Å². The van der Waals surface area contributed by atoms with Gasteiger partial charge in [-0.2, -0.15) is 8.42 Å². The summed E-state index contributed by atoms with van der Waals surface area (Å²) >= 11 is 0. The summed E-state index contributed by atoms with van der Waals surface area (Å²) < 4.78 is 31.5. The van der Waals surface area contributed by atoms with E-state index >= 15 is 0 Å². The van der Waals surface area contributed by atoms with E-state index in [1.165, 1.54) is 12.1 Å². The normalized spacial score (nSPS) is 12.7. The van der Waals surface area contributed by atoms with Crippen molar-refractivity contribution in [1.82, 2.24) is 0 Å². The van der Waals surface area contributed by atoms with E-state index in [2.05, 4.69) is 11.9 Å². The largest absolute Gasteiger partial charge is 0.374 e. The summed E-state index contributed by atoms with van der Waals surface area (Å²) in [5.74, 6) is 0. The Hall–Kier alpha value is -2.11. The van der Waals surface area contributed by atoms with Gasteiger partial charge in [-0.3, -0.25) is 4.55 Å². The Labute approximate surface area is 124 Å². The van der Waals surface area contributed by atoms with Crippen LogP contribution in [-0.2, 0) is 10.1 Å². The summed E-state index contributed by atoms with van der Waals surface area (Å²) in [6.07, 6.45) is 0. The maximum Gasteiger partial charge on any atom is 0.294 e. The van der Waals surface area contributed by atoms with Crippen molar-refractivity contribution in [2.45, 2.75) is 17.9 Å². The lowest BCUT2D eigenvalue weighted by Gasteiger charge is -2.21. The number of benzene rings is 2. The number of rotatable bonds is 5. The van der Waals surface area contributed by atoms with Crippen molar-refractivity contribution in [1.29, 1.82) is 0 Å². The Balaban J connectivity index is 2.33. The fourth-order valence-electron chi connectivity index (χ4n) is 2.05. The van der Waals surface area contributed by atoms with Gasteiger partial charge in [0.05, 0.1) is 10.9 Å². The molecule has 0 aliphatic carbocycles. The van der Waals surface area contributed by atoms with E-state index in [4.69, 9.17) is 4.55 Å². The fraction of sp³-hybridized carbons (Fsp3) is 0.125. The first-order valence-electron chi connectivity index (χ1n) is 6.42. The maximum atomic E-state index is 11.2. The molecule has 0 spiro atoms. The van der Waals surface area contributed by atoms with Crippen molar-refractivity contribution >= 4 is 15.8 Å². The molecule has 2 aromatic rings. The van der Waals surface area contributed by atoms with Gasteiger partial charge in [0.1, 0.15) is 0 Å². The lowest BCUT2D eigenvalue weighted by atomic mass is 10.0. The molecule has 0 bridgehead atoms. The predicted molar refractivity (Wildman–Crippen MR) is 83.9 cm³/mol. The number of hydrogen-bond acceptors (Lipinski definition) is 3.